The summed E-state index contributed by atoms with van der Waals surface area (Å²) in [7, 11) is 0. The van der Waals surface area contributed by atoms with Crippen LogP contribution >= 0.6 is 11.3 Å². The molecule has 1 aromatic carbocycles. The van der Waals surface area contributed by atoms with Crippen LogP contribution in [0.3, 0.4) is 0 Å². The fourth-order valence-electron chi connectivity index (χ4n) is 3.62. The summed E-state index contributed by atoms with van der Waals surface area (Å²) in [5.74, 6) is 0.976. The summed E-state index contributed by atoms with van der Waals surface area (Å²) in [5.41, 5.74) is 2.32. The lowest BCUT2D eigenvalue weighted by atomic mass is 10.1. The maximum absolute atomic E-state index is 13.5. The molecule has 30 heavy (non-hydrogen) atoms. The van der Waals surface area contributed by atoms with Crippen molar-refractivity contribution < 1.29 is 13.7 Å². The molecule has 0 spiro atoms. The van der Waals surface area contributed by atoms with Gasteiger partial charge in [-0.1, -0.05) is 11.2 Å². The van der Waals surface area contributed by atoms with Crippen molar-refractivity contribution in [3.05, 3.63) is 58.0 Å². The second-order valence-electron chi connectivity index (χ2n) is 7.60. The number of nitrogens with zero attached hydrogens (tertiary/aromatic N) is 3. The van der Waals surface area contributed by atoms with Gasteiger partial charge in [0.2, 0.25) is 5.88 Å². The van der Waals surface area contributed by atoms with Crippen molar-refractivity contribution in [2.75, 3.05) is 24.5 Å². The molecule has 0 saturated heterocycles. The first-order valence-electron chi connectivity index (χ1n) is 10.4. The van der Waals surface area contributed by atoms with E-state index < -0.39 is 0 Å². The van der Waals surface area contributed by atoms with E-state index in [1.54, 1.807) is 12.1 Å². The number of aromatic nitrogens is 1. The van der Waals surface area contributed by atoms with E-state index in [1.165, 1.54) is 23.5 Å². The second-order valence-corrected chi connectivity index (χ2v) is 8.55. The number of thiophene rings is 1. The molecular weight excluding hydrogens is 401 g/mol. The van der Waals surface area contributed by atoms with E-state index in [-0.39, 0.29) is 11.7 Å². The minimum Gasteiger partial charge on any atom is -0.341 e. The third kappa shape index (κ3) is 4.41. The molecule has 0 unspecified atom stereocenters. The summed E-state index contributed by atoms with van der Waals surface area (Å²) >= 11 is 1.46. The molecule has 0 bridgehead atoms. The van der Waals surface area contributed by atoms with E-state index in [1.807, 2.05) is 22.4 Å². The summed E-state index contributed by atoms with van der Waals surface area (Å²) in [6.07, 6.45) is 2.32. The molecule has 3 aromatic rings. The van der Waals surface area contributed by atoms with Crippen molar-refractivity contribution in [3.63, 3.8) is 0 Å². The number of amides is 1. The Kier molecular flexibility index (Phi) is 6.18. The van der Waals surface area contributed by atoms with E-state index in [4.69, 9.17) is 4.52 Å². The molecule has 1 saturated carbocycles. The molecule has 1 aliphatic carbocycles. The van der Waals surface area contributed by atoms with Gasteiger partial charge in [-0.25, -0.2) is 4.39 Å². The first-order valence-corrected chi connectivity index (χ1v) is 11.3. The molecule has 0 atom stereocenters. The molecule has 1 amide bonds. The topological polar surface area (TPSA) is 49.6 Å². The van der Waals surface area contributed by atoms with Crippen LogP contribution in [-0.4, -0.2) is 35.6 Å². The lowest BCUT2D eigenvalue weighted by molar-refractivity contribution is 0.0740. The number of carbonyl (C=O) groups is 1. The molecule has 5 nitrogen and oxygen atoms in total. The summed E-state index contributed by atoms with van der Waals surface area (Å²) < 4.78 is 19.2. The number of hydrogen-bond donors (Lipinski definition) is 0. The number of benzene rings is 1. The smallest absolute Gasteiger partial charge is 0.264 e. The highest BCUT2D eigenvalue weighted by molar-refractivity contribution is 7.12. The summed E-state index contributed by atoms with van der Waals surface area (Å²) in [5, 5.41) is 6.25. The Morgan fingerprint density at radius 1 is 1.20 bits per heavy atom. The van der Waals surface area contributed by atoms with Gasteiger partial charge in [-0.3, -0.25) is 4.79 Å². The molecule has 0 aliphatic heterocycles. The maximum Gasteiger partial charge on any atom is 0.264 e. The van der Waals surface area contributed by atoms with Crippen molar-refractivity contribution in [1.82, 2.24) is 10.1 Å². The zero-order chi connectivity index (χ0) is 21.1. The maximum atomic E-state index is 13.5. The fraction of sp³-hybridized carbons (Fsp3) is 0.391. The Bertz CT molecular complexity index is 977. The zero-order valence-electron chi connectivity index (χ0n) is 17.3. The molecule has 0 radical (unpaired) electrons. The highest BCUT2D eigenvalue weighted by Gasteiger charge is 2.31. The Balaban J connectivity index is 1.72. The highest BCUT2D eigenvalue weighted by Crippen LogP contribution is 2.35. The highest BCUT2D eigenvalue weighted by atomic mass is 32.1. The van der Waals surface area contributed by atoms with E-state index in [2.05, 4.69) is 23.9 Å². The minimum absolute atomic E-state index is 0.0358. The van der Waals surface area contributed by atoms with Crippen LogP contribution in [0, 0.1) is 11.7 Å². The summed E-state index contributed by atoms with van der Waals surface area (Å²) in [6, 6.07) is 10.0. The molecule has 4 rings (SSSR count). The van der Waals surface area contributed by atoms with Crippen LogP contribution in [0.4, 0.5) is 10.3 Å². The normalized spacial score (nSPS) is 13.4. The number of halogens is 1. The average Bonchev–Trinajstić information content (AvgIpc) is 3.24. The molecule has 158 valence electrons. The van der Waals surface area contributed by atoms with Crippen LogP contribution in [0.2, 0.25) is 0 Å². The quantitative estimate of drug-likeness (QED) is 0.456. The molecular formula is C23H26FN3O2S. The molecule has 2 heterocycles. The van der Waals surface area contributed by atoms with Gasteiger partial charge in [-0.05, 0) is 68.3 Å². The van der Waals surface area contributed by atoms with Crippen LogP contribution in [0.1, 0.15) is 41.9 Å². The lowest BCUT2D eigenvalue weighted by Crippen LogP contribution is -2.33. The first kappa shape index (κ1) is 20.6. The number of carbonyl (C=O) groups excluding carboxylic acids is 1. The number of hydrogen-bond acceptors (Lipinski definition) is 5. The second kappa shape index (κ2) is 9.00. The SMILES string of the molecule is CCN(CC)c1onc(-c2ccc(F)cc2)c1CN(CC1CC1)C(=O)c1cccs1. The monoisotopic (exact) mass is 427 g/mol. The van der Waals surface area contributed by atoms with Crippen molar-refractivity contribution in [1.29, 1.82) is 0 Å². The average molecular weight is 428 g/mol. The zero-order valence-corrected chi connectivity index (χ0v) is 18.1. The lowest BCUT2D eigenvalue weighted by Gasteiger charge is -2.24. The van der Waals surface area contributed by atoms with Gasteiger partial charge in [-0.15, -0.1) is 11.3 Å². The van der Waals surface area contributed by atoms with Crippen LogP contribution in [0.15, 0.2) is 46.3 Å². The predicted octanol–water partition coefficient (Wildman–Crippen LogP) is 5.44. The standard InChI is InChI=1S/C23H26FN3O2S/c1-3-26(4-2)23-19(21(25-29-23)17-9-11-18(24)12-10-17)15-27(14-16-7-8-16)22(28)20-6-5-13-30-20/h5-6,9-13,16H,3-4,7-8,14-15H2,1-2H3. The van der Waals surface area contributed by atoms with E-state index in [0.717, 1.165) is 48.5 Å². The van der Waals surface area contributed by atoms with Gasteiger partial charge in [0, 0.05) is 25.2 Å². The van der Waals surface area contributed by atoms with Crippen molar-refractivity contribution in [2.24, 2.45) is 5.92 Å². The van der Waals surface area contributed by atoms with Gasteiger partial charge in [0.25, 0.3) is 5.91 Å². The predicted molar refractivity (Wildman–Crippen MR) is 117 cm³/mol. The largest absolute Gasteiger partial charge is 0.341 e. The van der Waals surface area contributed by atoms with Gasteiger partial charge < -0.3 is 14.3 Å². The Labute approximate surface area is 180 Å². The third-order valence-corrected chi connectivity index (χ3v) is 6.34. The number of rotatable bonds is 9. The van der Waals surface area contributed by atoms with Crippen molar-refractivity contribution >= 4 is 23.1 Å². The molecule has 1 fully saturated rings. The Morgan fingerprint density at radius 3 is 2.53 bits per heavy atom. The summed E-state index contributed by atoms with van der Waals surface area (Å²) in [6.45, 7) is 6.79. The first-order chi connectivity index (χ1) is 14.6. The van der Waals surface area contributed by atoms with Gasteiger partial charge in [0.1, 0.15) is 11.5 Å². The van der Waals surface area contributed by atoms with Crippen LogP contribution in [-0.2, 0) is 6.54 Å². The van der Waals surface area contributed by atoms with Crippen molar-refractivity contribution in [3.8, 4) is 11.3 Å². The molecule has 7 heteroatoms. The van der Waals surface area contributed by atoms with E-state index in [0.29, 0.717) is 24.0 Å². The molecule has 1 aliphatic rings. The Morgan fingerprint density at radius 2 is 1.93 bits per heavy atom. The van der Waals surface area contributed by atoms with Gasteiger partial charge in [-0.2, -0.15) is 0 Å². The van der Waals surface area contributed by atoms with Gasteiger partial charge in [0.15, 0.2) is 0 Å². The van der Waals surface area contributed by atoms with Gasteiger partial charge >= 0.3 is 0 Å². The fourth-order valence-corrected chi connectivity index (χ4v) is 4.31. The summed E-state index contributed by atoms with van der Waals surface area (Å²) in [4.78, 5) is 18.0. The molecule has 2 aromatic heterocycles. The minimum atomic E-state index is -0.295. The van der Waals surface area contributed by atoms with Gasteiger partial charge in [0.05, 0.1) is 17.0 Å². The van der Waals surface area contributed by atoms with E-state index >= 15 is 0 Å². The van der Waals surface area contributed by atoms with Crippen molar-refractivity contribution in [2.45, 2.75) is 33.2 Å². The number of anilines is 1. The Hall–Kier alpha value is -2.67. The van der Waals surface area contributed by atoms with Crippen LogP contribution in [0.5, 0.6) is 0 Å². The van der Waals surface area contributed by atoms with Crippen LogP contribution in [0.25, 0.3) is 11.3 Å². The van der Waals surface area contributed by atoms with Crippen LogP contribution < -0.4 is 4.90 Å². The molecule has 0 N–H and O–H groups in total. The van der Waals surface area contributed by atoms with E-state index in [9.17, 15) is 9.18 Å². The third-order valence-electron chi connectivity index (χ3n) is 5.48.